The number of hydrogen-bond acceptors (Lipinski definition) is 4. The number of carbonyl (C=O) groups is 1. The fourth-order valence-electron chi connectivity index (χ4n) is 4.09. The lowest BCUT2D eigenvalue weighted by Crippen LogP contribution is -2.27. The van der Waals surface area contributed by atoms with Crippen molar-refractivity contribution in [2.45, 2.75) is 38.0 Å². The van der Waals surface area contributed by atoms with E-state index in [4.69, 9.17) is 14.2 Å². The van der Waals surface area contributed by atoms with Crippen LogP contribution in [0.15, 0.2) is 36.4 Å². The van der Waals surface area contributed by atoms with Crippen molar-refractivity contribution < 1.29 is 19.0 Å². The van der Waals surface area contributed by atoms with Crippen molar-refractivity contribution in [3.05, 3.63) is 53.1 Å². The van der Waals surface area contributed by atoms with E-state index in [2.05, 4.69) is 19.9 Å². The maximum Gasteiger partial charge on any atom is 0.160 e. The van der Waals surface area contributed by atoms with Gasteiger partial charge < -0.3 is 14.2 Å². The summed E-state index contributed by atoms with van der Waals surface area (Å²) in [5, 5.41) is 0. The van der Waals surface area contributed by atoms with Crippen LogP contribution in [0.1, 0.15) is 42.9 Å². The molecule has 2 aromatic rings. The Kier molecular flexibility index (Phi) is 4.94. The normalized spacial score (nSPS) is 18.7. The smallest absolute Gasteiger partial charge is 0.160 e. The van der Waals surface area contributed by atoms with Crippen molar-refractivity contribution in [2.75, 3.05) is 21.3 Å². The van der Waals surface area contributed by atoms with Gasteiger partial charge in [0, 0.05) is 24.3 Å². The Balaban J connectivity index is 2.14. The third-order valence-corrected chi connectivity index (χ3v) is 5.53. The van der Waals surface area contributed by atoms with Crippen LogP contribution in [0.25, 0.3) is 0 Å². The summed E-state index contributed by atoms with van der Waals surface area (Å²) in [6, 6.07) is 12.0. The average molecular weight is 354 g/mol. The number of ketones is 1. The highest BCUT2D eigenvalue weighted by molar-refractivity contribution is 5.84. The monoisotopic (exact) mass is 354 g/mol. The first-order chi connectivity index (χ1) is 12.4. The van der Waals surface area contributed by atoms with E-state index >= 15 is 0 Å². The number of benzene rings is 2. The molecular weight excluding hydrogens is 328 g/mol. The summed E-state index contributed by atoms with van der Waals surface area (Å²) in [7, 11) is 4.91. The molecule has 0 radical (unpaired) electrons. The average Bonchev–Trinajstić information content (AvgIpc) is 2.74. The Bertz CT molecular complexity index is 823. The lowest BCUT2D eigenvalue weighted by Gasteiger charge is -2.35. The first-order valence-electron chi connectivity index (χ1n) is 8.82. The van der Waals surface area contributed by atoms with Gasteiger partial charge in [-0.05, 0) is 34.7 Å². The van der Waals surface area contributed by atoms with Gasteiger partial charge in [-0.3, -0.25) is 4.79 Å². The van der Waals surface area contributed by atoms with Gasteiger partial charge in [-0.25, -0.2) is 0 Å². The summed E-state index contributed by atoms with van der Waals surface area (Å²) in [5.41, 5.74) is 3.03. The van der Waals surface area contributed by atoms with Gasteiger partial charge in [0.05, 0.1) is 21.3 Å². The van der Waals surface area contributed by atoms with E-state index in [0.29, 0.717) is 24.3 Å². The second-order valence-electron chi connectivity index (χ2n) is 7.29. The summed E-state index contributed by atoms with van der Waals surface area (Å²) >= 11 is 0. The Labute approximate surface area is 155 Å². The molecule has 0 saturated heterocycles. The summed E-state index contributed by atoms with van der Waals surface area (Å²) < 4.78 is 16.4. The zero-order valence-electron chi connectivity index (χ0n) is 16.1. The lowest BCUT2D eigenvalue weighted by molar-refractivity contribution is -0.118. The van der Waals surface area contributed by atoms with Crippen molar-refractivity contribution in [3.63, 3.8) is 0 Å². The minimum Gasteiger partial charge on any atom is -0.496 e. The maximum atomic E-state index is 12.8. The van der Waals surface area contributed by atoms with Crippen molar-refractivity contribution in [1.29, 1.82) is 0 Å². The van der Waals surface area contributed by atoms with Crippen molar-refractivity contribution >= 4 is 5.78 Å². The molecule has 1 unspecified atom stereocenters. The summed E-state index contributed by atoms with van der Waals surface area (Å²) in [6.07, 6.45) is 0.896. The number of Topliss-reactive ketones (excluding diaryl/α,β-unsaturated/α-hetero) is 1. The first-order valence-corrected chi connectivity index (χ1v) is 8.82. The highest BCUT2D eigenvalue weighted by Gasteiger charge is 2.39. The molecule has 1 atom stereocenters. The number of carbonyl (C=O) groups excluding carboxylic acids is 1. The molecule has 0 fully saturated rings. The zero-order valence-corrected chi connectivity index (χ0v) is 16.1. The van der Waals surface area contributed by atoms with E-state index in [0.717, 1.165) is 16.9 Å². The number of methoxy groups -OCH3 is 3. The second-order valence-corrected chi connectivity index (χ2v) is 7.29. The molecule has 0 heterocycles. The summed E-state index contributed by atoms with van der Waals surface area (Å²) in [4.78, 5) is 12.8. The van der Waals surface area contributed by atoms with Gasteiger partial charge in [0.25, 0.3) is 0 Å². The van der Waals surface area contributed by atoms with Gasteiger partial charge in [-0.2, -0.15) is 0 Å². The molecule has 0 saturated carbocycles. The fraction of sp³-hybridized carbons (Fsp3) is 0.409. The van der Waals surface area contributed by atoms with Gasteiger partial charge >= 0.3 is 0 Å². The molecule has 1 aliphatic carbocycles. The third-order valence-electron chi connectivity index (χ3n) is 5.53. The Morgan fingerprint density at radius 1 is 0.923 bits per heavy atom. The van der Waals surface area contributed by atoms with Gasteiger partial charge in [0.15, 0.2) is 11.5 Å². The molecule has 4 nitrogen and oxygen atoms in total. The minimum atomic E-state index is -0.227. The number of hydrogen-bond donors (Lipinski definition) is 0. The Morgan fingerprint density at radius 2 is 1.62 bits per heavy atom. The SMILES string of the molecule is COc1ccc(C2CC(=O)Cc3c(OC)cccc3C2(C)C)cc1OC. The molecule has 0 N–H and O–H groups in total. The van der Waals surface area contributed by atoms with E-state index < -0.39 is 0 Å². The lowest BCUT2D eigenvalue weighted by atomic mass is 9.69. The number of rotatable bonds is 4. The van der Waals surface area contributed by atoms with E-state index in [1.807, 2.05) is 30.3 Å². The standard InChI is InChI=1S/C22H26O4/c1-22(2)17-7-6-8-19(24-3)16(17)12-15(23)13-18(22)14-9-10-20(25-4)21(11-14)26-5/h6-11,18H,12-13H2,1-5H3. The van der Waals surface area contributed by atoms with Gasteiger partial charge in [0.2, 0.25) is 0 Å². The molecular formula is C22H26O4. The van der Waals surface area contributed by atoms with Crippen LogP contribution in [0.4, 0.5) is 0 Å². The molecule has 0 aromatic heterocycles. The van der Waals surface area contributed by atoms with Crippen molar-refractivity contribution in [2.24, 2.45) is 0 Å². The highest BCUT2D eigenvalue weighted by Crippen LogP contribution is 2.47. The van der Waals surface area contributed by atoms with E-state index in [1.165, 1.54) is 5.56 Å². The van der Waals surface area contributed by atoms with Gasteiger partial charge in [-0.1, -0.05) is 32.0 Å². The number of ether oxygens (including phenoxy) is 3. The van der Waals surface area contributed by atoms with Crippen LogP contribution >= 0.6 is 0 Å². The molecule has 138 valence electrons. The predicted molar refractivity (Wildman–Crippen MR) is 102 cm³/mol. The van der Waals surface area contributed by atoms with Crippen LogP contribution in [-0.2, 0) is 16.6 Å². The topological polar surface area (TPSA) is 44.8 Å². The minimum absolute atomic E-state index is 0.0446. The molecule has 26 heavy (non-hydrogen) atoms. The van der Waals surface area contributed by atoms with Crippen LogP contribution < -0.4 is 14.2 Å². The Morgan fingerprint density at radius 3 is 2.27 bits per heavy atom. The molecule has 0 aliphatic heterocycles. The predicted octanol–water partition coefficient (Wildman–Crippen LogP) is 4.29. The molecule has 0 bridgehead atoms. The molecule has 1 aliphatic rings. The highest BCUT2D eigenvalue weighted by atomic mass is 16.5. The molecule has 2 aromatic carbocycles. The van der Waals surface area contributed by atoms with Gasteiger partial charge in [0.1, 0.15) is 11.5 Å². The van der Waals surface area contributed by atoms with Crippen LogP contribution in [0, 0.1) is 0 Å². The molecule has 3 rings (SSSR count). The van der Waals surface area contributed by atoms with Crippen molar-refractivity contribution in [3.8, 4) is 17.2 Å². The van der Waals surface area contributed by atoms with E-state index in [9.17, 15) is 4.79 Å². The van der Waals surface area contributed by atoms with Crippen LogP contribution in [-0.4, -0.2) is 27.1 Å². The third kappa shape index (κ3) is 3.05. The van der Waals surface area contributed by atoms with Crippen LogP contribution in [0.5, 0.6) is 17.2 Å². The van der Waals surface area contributed by atoms with Gasteiger partial charge in [-0.15, -0.1) is 0 Å². The quantitative estimate of drug-likeness (QED) is 0.769. The molecule has 4 heteroatoms. The second kappa shape index (κ2) is 7.02. The largest absolute Gasteiger partial charge is 0.496 e. The summed E-state index contributed by atoms with van der Waals surface area (Å²) in [5.74, 6) is 2.43. The summed E-state index contributed by atoms with van der Waals surface area (Å²) in [6.45, 7) is 4.40. The zero-order chi connectivity index (χ0) is 18.9. The molecule has 0 spiro atoms. The van der Waals surface area contributed by atoms with Crippen molar-refractivity contribution in [1.82, 2.24) is 0 Å². The van der Waals surface area contributed by atoms with Crippen LogP contribution in [0.2, 0.25) is 0 Å². The Hall–Kier alpha value is -2.49. The first kappa shape index (κ1) is 18.3. The van der Waals surface area contributed by atoms with E-state index in [1.54, 1.807) is 21.3 Å². The van der Waals surface area contributed by atoms with Crippen LogP contribution in [0.3, 0.4) is 0 Å². The van der Waals surface area contributed by atoms with E-state index in [-0.39, 0.29) is 17.1 Å². The maximum absolute atomic E-state index is 12.8. The fourth-order valence-corrected chi connectivity index (χ4v) is 4.09. The number of fused-ring (bicyclic) bond motifs is 1. The molecule has 0 amide bonds.